The van der Waals surface area contributed by atoms with Crippen molar-refractivity contribution in [3.8, 4) is 5.75 Å². The van der Waals surface area contributed by atoms with Crippen LogP contribution in [-0.2, 0) is 21.3 Å². The van der Waals surface area contributed by atoms with Crippen LogP contribution in [0.4, 0.5) is 5.82 Å². The third-order valence-corrected chi connectivity index (χ3v) is 8.50. The molecule has 1 saturated heterocycles. The molecule has 1 unspecified atom stereocenters. The fourth-order valence-corrected chi connectivity index (χ4v) is 7.06. The van der Waals surface area contributed by atoms with Gasteiger partial charge < -0.3 is 10.1 Å². The molecule has 1 fully saturated rings. The summed E-state index contributed by atoms with van der Waals surface area (Å²) >= 11 is 1.74. The van der Waals surface area contributed by atoms with Gasteiger partial charge in [-0.2, -0.15) is 16.9 Å². The van der Waals surface area contributed by atoms with Crippen LogP contribution in [0.15, 0.2) is 36.4 Å². The lowest BCUT2D eigenvalue weighted by Gasteiger charge is -2.17. The third-order valence-electron chi connectivity index (χ3n) is 5.78. The van der Waals surface area contributed by atoms with Crippen LogP contribution in [0.1, 0.15) is 41.0 Å². The van der Waals surface area contributed by atoms with Crippen LogP contribution in [0.25, 0.3) is 10.8 Å². The Kier molecular flexibility index (Phi) is 5.18. The molecule has 2 aliphatic heterocycles. The highest BCUT2D eigenvalue weighted by Crippen LogP contribution is 2.39. The van der Waals surface area contributed by atoms with E-state index in [0.717, 1.165) is 33.5 Å². The summed E-state index contributed by atoms with van der Waals surface area (Å²) < 4.78 is 31.6. The number of carbonyl (C=O) groups excluding carboxylic acids is 1. The van der Waals surface area contributed by atoms with Gasteiger partial charge in [-0.05, 0) is 30.2 Å². The second-order valence-corrected chi connectivity index (χ2v) is 11.0. The number of fused-ring (bicyclic) bond motifs is 2. The molecule has 2 aliphatic rings. The number of amides is 1. The summed E-state index contributed by atoms with van der Waals surface area (Å²) in [6, 6.07) is 11.2. The van der Waals surface area contributed by atoms with Gasteiger partial charge in [0.15, 0.2) is 9.84 Å². The van der Waals surface area contributed by atoms with E-state index >= 15 is 0 Å². The number of anilines is 1. The van der Waals surface area contributed by atoms with Crippen molar-refractivity contribution in [2.45, 2.75) is 30.9 Å². The van der Waals surface area contributed by atoms with Crippen molar-refractivity contribution in [2.24, 2.45) is 0 Å². The van der Waals surface area contributed by atoms with Gasteiger partial charge in [0, 0.05) is 17.1 Å². The standard InChI is InChI=1S/C22H23N3O4S2/c1-2-29-19-8-7-14-5-3-4-6-16(14)20(19)22(26)23-21-17-11-30-12-18(17)24-25(21)15-9-10-31(27,28)13-15/h3-8,15H,2,9-13H2,1H3,(H,23,26). The molecule has 1 aromatic heterocycles. The number of ether oxygens (including phenoxy) is 1. The fraction of sp³-hybridized carbons (Fsp3) is 0.364. The first-order chi connectivity index (χ1) is 15.0. The van der Waals surface area contributed by atoms with Crippen LogP contribution in [0.2, 0.25) is 0 Å². The van der Waals surface area contributed by atoms with Gasteiger partial charge in [-0.25, -0.2) is 13.1 Å². The number of benzene rings is 2. The van der Waals surface area contributed by atoms with Crippen molar-refractivity contribution in [3.05, 3.63) is 53.2 Å². The molecule has 2 aromatic carbocycles. The van der Waals surface area contributed by atoms with Crippen molar-refractivity contribution >= 4 is 44.1 Å². The first kappa shape index (κ1) is 20.4. The summed E-state index contributed by atoms with van der Waals surface area (Å²) in [6.45, 7) is 2.33. The Labute approximate surface area is 185 Å². The second-order valence-electron chi connectivity index (χ2n) is 7.82. The molecule has 7 nitrogen and oxygen atoms in total. The first-order valence-electron chi connectivity index (χ1n) is 10.3. The maximum atomic E-state index is 13.6. The zero-order valence-electron chi connectivity index (χ0n) is 17.1. The molecule has 0 aliphatic carbocycles. The smallest absolute Gasteiger partial charge is 0.261 e. The maximum absolute atomic E-state index is 13.6. The number of carbonyl (C=O) groups is 1. The Morgan fingerprint density at radius 2 is 2.10 bits per heavy atom. The lowest BCUT2D eigenvalue weighted by molar-refractivity contribution is 0.102. The molecule has 1 atom stereocenters. The Bertz CT molecular complexity index is 1280. The minimum absolute atomic E-state index is 0.0576. The summed E-state index contributed by atoms with van der Waals surface area (Å²) in [5, 5.41) is 9.53. The number of thioether (sulfide) groups is 1. The monoisotopic (exact) mass is 457 g/mol. The summed E-state index contributed by atoms with van der Waals surface area (Å²) in [7, 11) is -3.07. The van der Waals surface area contributed by atoms with Crippen molar-refractivity contribution < 1.29 is 17.9 Å². The predicted molar refractivity (Wildman–Crippen MR) is 123 cm³/mol. The van der Waals surface area contributed by atoms with Gasteiger partial charge in [0.05, 0.1) is 35.4 Å². The molecule has 0 radical (unpaired) electrons. The number of nitrogens with zero attached hydrogens (tertiary/aromatic N) is 2. The fourth-order valence-electron chi connectivity index (χ4n) is 4.33. The molecule has 1 N–H and O–H groups in total. The molecular formula is C22H23N3O4S2. The normalized spacial score (nSPS) is 19.5. The molecule has 0 spiro atoms. The van der Waals surface area contributed by atoms with Gasteiger partial charge in [-0.1, -0.05) is 30.3 Å². The highest BCUT2D eigenvalue weighted by molar-refractivity contribution is 7.98. The van der Waals surface area contributed by atoms with Gasteiger partial charge in [0.25, 0.3) is 5.91 Å². The topological polar surface area (TPSA) is 90.3 Å². The largest absolute Gasteiger partial charge is 0.493 e. The van der Waals surface area contributed by atoms with Crippen LogP contribution < -0.4 is 10.1 Å². The van der Waals surface area contributed by atoms with Crippen molar-refractivity contribution in [2.75, 3.05) is 23.4 Å². The van der Waals surface area contributed by atoms with Crippen LogP contribution in [0, 0.1) is 0 Å². The minimum atomic E-state index is -3.07. The Morgan fingerprint density at radius 1 is 1.26 bits per heavy atom. The number of rotatable bonds is 5. The summed E-state index contributed by atoms with van der Waals surface area (Å²) in [5.41, 5.74) is 2.39. The molecule has 9 heteroatoms. The van der Waals surface area contributed by atoms with Gasteiger partial charge in [-0.3, -0.25) is 4.79 Å². The number of hydrogen-bond donors (Lipinski definition) is 1. The van der Waals surface area contributed by atoms with Gasteiger partial charge >= 0.3 is 0 Å². The molecule has 5 rings (SSSR count). The molecule has 0 bridgehead atoms. The lowest BCUT2D eigenvalue weighted by Crippen LogP contribution is -2.21. The average molecular weight is 458 g/mol. The van der Waals surface area contributed by atoms with E-state index in [9.17, 15) is 13.2 Å². The minimum Gasteiger partial charge on any atom is -0.493 e. The van der Waals surface area contributed by atoms with Crippen molar-refractivity contribution in [1.82, 2.24) is 9.78 Å². The van der Waals surface area contributed by atoms with Crippen molar-refractivity contribution in [1.29, 1.82) is 0 Å². The van der Waals surface area contributed by atoms with Gasteiger partial charge in [-0.15, -0.1) is 0 Å². The molecule has 162 valence electrons. The van der Waals surface area contributed by atoms with E-state index in [2.05, 4.69) is 5.32 Å². The molecule has 3 aromatic rings. The van der Waals surface area contributed by atoms with Crippen LogP contribution in [0.5, 0.6) is 5.75 Å². The van der Waals surface area contributed by atoms with Gasteiger partial charge in [0.2, 0.25) is 0 Å². The maximum Gasteiger partial charge on any atom is 0.261 e. The quantitative estimate of drug-likeness (QED) is 0.627. The Balaban J connectivity index is 1.57. The zero-order chi connectivity index (χ0) is 21.6. The second kappa shape index (κ2) is 7.87. The summed E-state index contributed by atoms with van der Waals surface area (Å²) in [4.78, 5) is 13.6. The number of hydrogen-bond acceptors (Lipinski definition) is 6. The number of sulfone groups is 1. The SMILES string of the molecule is CCOc1ccc2ccccc2c1C(=O)Nc1c2c(nn1C1CCS(=O)(=O)C1)CSC2. The van der Waals surface area contributed by atoms with E-state index in [-0.39, 0.29) is 23.5 Å². The molecular weight excluding hydrogens is 434 g/mol. The van der Waals surface area contributed by atoms with Crippen LogP contribution in [-0.4, -0.2) is 42.2 Å². The van der Waals surface area contributed by atoms with E-state index in [4.69, 9.17) is 9.84 Å². The average Bonchev–Trinajstić information content (AvgIpc) is 3.43. The molecule has 31 heavy (non-hydrogen) atoms. The molecule has 0 saturated carbocycles. The highest BCUT2D eigenvalue weighted by Gasteiger charge is 2.34. The zero-order valence-corrected chi connectivity index (χ0v) is 18.8. The van der Waals surface area contributed by atoms with E-state index in [1.807, 2.05) is 43.3 Å². The van der Waals surface area contributed by atoms with Crippen molar-refractivity contribution in [3.63, 3.8) is 0 Å². The Hall–Kier alpha value is -2.52. The van der Waals surface area contributed by atoms with Crippen LogP contribution in [0.3, 0.4) is 0 Å². The van der Waals surface area contributed by atoms with E-state index < -0.39 is 9.84 Å². The first-order valence-corrected chi connectivity index (χ1v) is 13.3. The highest BCUT2D eigenvalue weighted by atomic mass is 32.2. The summed E-state index contributed by atoms with van der Waals surface area (Å²) in [5.74, 6) is 2.59. The number of nitrogens with one attached hydrogen (secondary N) is 1. The molecule has 3 heterocycles. The third kappa shape index (κ3) is 3.70. The lowest BCUT2D eigenvalue weighted by atomic mass is 10.0. The van der Waals surface area contributed by atoms with E-state index in [0.29, 0.717) is 30.2 Å². The van der Waals surface area contributed by atoms with Gasteiger partial charge in [0.1, 0.15) is 11.6 Å². The number of aromatic nitrogens is 2. The van der Waals surface area contributed by atoms with Crippen LogP contribution >= 0.6 is 11.8 Å². The summed E-state index contributed by atoms with van der Waals surface area (Å²) in [6.07, 6.45) is 0.511. The Morgan fingerprint density at radius 3 is 2.87 bits per heavy atom. The predicted octanol–water partition coefficient (Wildman–Crippen LogP) is 3.79. The van der Waals surface area contributed by atoms with E-state index in [1.165, 1.54) is 0 Å². The van der Waals surface area contributed by atoms with E-state index in [1.54, 1.807) is 16.4 Å². The molecule has 1 amide bonds.